The largest absolute Gasteiger partial charge is 0.315 e. The summed E-state index contributed by atoms with van der Waals surface area (Å²) in [4.78, 5) is 27.3. The number of benzene rings is 2. The topological polar surface area (TPSA) is 54.3 Å². The molecule has 1 aliphatic heterocycles. The third-order valence-corrected chi connectivity index (χ3v) is 6.69. The van der Waals surface area contributed by atoms with Gasteiger partial charge in [-0.2, -0.15) is 0 Å². The van der Waals surface area contributed by atoms with Gasteiger partial charge in [0.15, 0.2) is 5.11 Å². The van der Waals surface area contributed by atoms with Crippen molar-refractivity contribution in [3.05, 3.63) is 85.9 Å². The van der Waals surface area contributed by atoms with Crippen LogP contribution < -0.4 is 10.2 Å². The molecule has 2 amide bonds. The van der Waals surface area contributed by atoms with Crippen LogP contribution in [0.25, 0.3) is 11.8 Å². The van der Waals surface area contributed by atoms with E-state index in [1.165, 1.54) is 17.0 Å². The average molecular weight is 547 g/mol. The Morgan fingerprint density at radius 2 is 1.82 bits per heavy atom. The van der Waals surface area contributed by atoms with Crippen molar-refractivity contribution in [2.45, 2.75) is 20.8 Å². The van der Waals surface area contributed by atoms with Gasteiger partial charge >= 0.3 is 0 Å². The number of halogens is 3. The van der Waals surface area contributed by atoms with Crippen molar-refractivity contribution in [2.75, 3.05) is 4.90 Å². The third-order valence-electron chi connectivity index (χ3n) is 5.50. The van der Waals surface area contributed by atoms with Gasteiger partial charge in [0, 0.05) is 20.9 Å². The third kappa shape index (κ3) is 4.14. The number of hydrogen-bond acceptors (Lipinski definition) is 3. The lowest BCUT2D eigenvalue weighted by atomic mass is 10.1. The van der Waals surface area contributed by atoms with Crippen LogP contribution in [0.15, 0.2) is 52.5 Å². The predicted molar refractivity (Wildman–Crippen MR) is 135 cm³/mol. The van der Waals surface area contributed by atoms with Crippen molar-refractivity contribution in [3.63, 3.8) is 0 Å². The lowest BCUT2D eigenvalue weighted by Crippen LogP contribution is -2.54. The Bertz CT molecular complexity index is 1380. The van der Waals surface area contributed by atoms with Crippen molar-refractivity contribution in [1.82, 2.24) is 9.88 Å². The summed E-state index contributed by atoms with van der Waals surface area (Å²) in [6.45, 7) is 5.40. The standard InChI is InChI=1S/C24H18BrClFN3O2S/c1-12-9-15(14(3)29(12)21-8-7-16(25)11-19(21)27)10-17-22(31)28-24(33)30(23(17)32)20-6-4-5-18(26)13(20)2/h4-11H,1-3H3,(H,28,31,33)/b17-10+. The van der Waals surface area contributed by atoms with Gasteiger partial charge in [-0.3, -0.25) is 19.8 Å². The Morgan fingerprint density at radius 1 is 1.09 bits per heavy atom. The van der Waals surface area contributed by atoms with Gasteiger partial charge in [-0.15, -0.1) is 0 Å². The fourth-order valence-electron chi connectivity index (χ4n) is 3.84. The molecule has 0 aliphatic carbocycles. The molecule has 1 N–H and O–H groups in total. The zero-order valence-corrected chi connectivity index (χ0v) is 21.0. The highest BCUT2D eigenvalue weighted by molar-refractivity contribution is 9.10. The smallest absolute Gasteiger partial charge is 0.270 e. The number of hydrogen-bond donors (Lipinski definition) is 1. The summed E-state index contributed by atoms with van der Waals surface area (Å²) in [5.41, 5.74) is 3.49. The second kappa shape index (κ2) is 8.85. The van der Waals surface area contributed by atoms with E-state index in [0.29, 0.717) is 37.7 Å². The van der Waals surface area contributed by atoms with Crippen LogP contribution in [0.4, 0.5) is 10.1 Å². The molecule has 2 heterocycles. The SMILES string of the molecule is Cc1c(Cl)cccc1N1C(=O)/C(=C/c2cc(C)n(-c3ccc(Br)cc3F)c2C)C(=O)NC1=S. The van der Waals surface area contributed by atoms with E-state index < -0.39 is 17.6 Å². The fourth-order valence-corrected chi connectivity index (χ4v) is 4.61. The van der Waals surface area contributed by atoms with Gasteiger partial charge in [0.1, 0.15) is 11.4 Å². The summed E-state index contributed by atoms with van der Waals surface area (Å²) < 4.78 is 17.0. The molecule has 5 nitrogen and oxygen atoms in total. The van der Waals surface area contributed by atoms with Gasteiger partial charge in [-0.05, 0) is 86.6 Å². The number of anilines is 1. The first-order valence-electron chi connectivity index (χ1n) is 9.91. The van der Waals surface area contributed by atoms with E-state index in [0.717, 1.165) is 5.69 Å². The molecule has 168 valence electrons. The van der Waals surface area contributed by atoms with Gasteiger partial charge in [0.2, 0.25) is 0 Å². The van der Waals surface area contributed by atoms with Gasteiger partial charge in [0.25, 0.3) is 11.8 Å². The molecule has 0 saturated carbocycles. The number of aromatic nitrogens is 1. The maximum atomic E-state index is 14.6. The number of rotatable bonds is 3. The molecule has 33 heavy (non-hydrogen) atoms. The summed E-state index contributed by atoms with van der Waals surface area (Å²) >= 11 is 14.8. The van der Waals surface area contributed by atoms with Gasteiger partial charge in [0.05, 0.1) is 11.4 Å². The van der Waals surface area contributed by atoms with Gasteiger partial charge in [-0.1, -0.05) is 33.6 Å². The number of thiocarbonyl (C=S) groups is 1. The van der Waals surface area contributed by atoms with Crippen molar-refractivity contribution < 1.29 is 14.0 Å². The first-order chi connectivity index (χ1) is 15.6. The Labute approximate surface area is 209 Å². The molecule has 0 unspecified atom stereocenters. The molecular formula is C24H18BrClFN3O2S. The monoisotopic (exact) mass is 545 g/mol. The van der Waals surface area contributed by atoms with Crippen LogP contribution in [0, 0.1) is 26.6 Å². The minimum absolute atomic E-state index is 0.0186. The number of aryl methyl sites for hydroxylation is 1. The minimum atomic E-state index is -0.597. The normalized spacial score (nSPS) is 15.4. The number of nitrogens with zero attached hydrogens (tertiary/aromatic N) is 2. The molecule has 1 fully saturated rings. The predicted octanol–water partition coefficient (Wildman–Crippen LogP) is 5.79. The molecular weight excluding hydrogens is 529 g/mol. The van der Waals surface area contributed by atoms with E-state index in [4.69, 9.17) is 23.8 Å². The summed E-state index contributed by atoms with van der Waals surface area (Å²) in [7, 11) is 0. The number of carbonyl (C=O) groups is 2. The Morgan fingerprint density at radius 3 is 2.52 bits per heavy atom. The Kier molecular flexibility index (Phi) is 6.26. The molecule has 0 spiro atoms. The maximum Gasteiger partial charge on any atom is 0.270 e. The minimum Gasteiger partial charge on any atom is -0.315 e. The first-order valence-corrected chi connectivity index (χ1v) is 11.5. The molecule has 0 atom stereocenters. The molecule has 0 radical (unpaired) electrons. The quantitative estimate of drug-likeness (QED) is 0.257. The van der Waals surface area contributed by atoms with Gasteiger partial charge < -0.3 is 4.57 Å². The summed E-state index contributed by atoms with van der Waals surface area (Å²) in [6, 6.07) is 11.7. The van der Waals surface area contributed by atoms with Crippen LogP contribution in [-0.4, -0.2) is 21.5 Å². The zero-order valence-electron chi connectivity index (χ0n) is 17.9. The first kappa shape index (κ1) is 23.4. The van der Waals surface area contributed by atoms with E-state index in [1.807, 2.05) is 6.92 Å². The molecule has 4 rings (SSSR count). The molecule has 3 aromatic rings. The summed E-state index contributed by atoms with van der Waals surface area (Å²) in [6.07, 6.45) is 1.50. The van der Waals surface area contributed by atoms with Crippen LogP contribution in [0.3, 0.4) is 0 Å². The van der Waals surface area contributed by atoms with Crippen molar-refractivity contribution in [2.24, 2.45) is 0 Å². The summed E-state index contributed by atoms with van der Waals surface area (Å²) in [5.74, 6) is -1.56. The molecule has 1 aliphatic rings. The Hall–Kier alpha value is -2.81. The van der Waals surface area contributed by atoms with E-state index in [9.17, 15) is 14.0 Å². The highest BCUT2D eigenvalue weighted by atomic mass is 79.9. The highest BCUT2D eigenvalue weighted by Gasteiger charge is 2.35. The number of nitrogens with one attached hydrogen (secondary N) is 1. The van der Waals surface area contributed by atoms with Crippen molar-refractivity contribution >= 4 is 68.4 Å². The van der Waals surface area contributed by atoms with Crippen LogP contribution >= 0.6 is 39.7 Å². The molecule has 1 aromatic heterocycles. The highest BCUT2D eigenvalue weighted by Crippen LogP contribution is 2.31. The van der Waals surface area contributed by atoms with E-state index in [1.54, 1.807) is 54.8 Å². The van der Waals surface area contributed by atoms with E-state index in [2.05, 4.69) is 21.2 Å². The van der Waals surface area contributed by atoms with Gasteiger partial charge in [-0.25, -0.2) is 4.39 Å². The molecule has 9 heteroatoms. The van der Waals surface area contributed by atoms with Crippen LogP contribution in [-0.2, 0) is 9.59 Å². The van der Waals surface area contributed by atoms with Crippen LogP contribution in [0.2, 0.25) is 5.02 Å². The second-order valence-electron chi connectivity index (χ2n) is 7.60. The van der Waals surface area contributed by atoms with Crippen LogP contribution in [0.1, 0.15) is 22.5 Å². The fraction of sp³-hybridized carbons (Fsp3) is 0.125. The molecule has 0 bridgehead atoms. The van der Waals surface area contributed by atoms with Crippen molar-refractivity contribution in [3.8, 4) is 5.69 Å². The zero-order chi connectivity index (χ0) is 24.0. The number of carbonyl (C=O) groups excluding carboxylic acids is 2. The Balaban J connectivity index is 1.80. The summed E-state index contributed by atoms with van der Waals surface area (Å²) in [5, 5.41) is 3.04. The lowest BCUT2D eigenvalue weighted by molar-refractivity contribution is -0.122. The average Bonchev–Trinajstić information content (AvgIpc) is 3.01. The second-order valence-corrected chi connectivity index (χ2v) is 9.31. The molecule has 2 aromatic carbocycles. The van der Waals surface area contributed by atoms with Crippen molar-refractivity contribution in [1.29, 1.82) is 0 Å². The lowest BCUT2D eigenvalue weighted by Gasteiger charge is -2.30. The maximum absolute atomic E-state index is 14.6. The number of amides is 2. The van der Waals surface area contributed by atoms with Crippen LogP contribution in [0.5, 0.6) is 0 Å². The molecule has 1 saturated heterocycles. The van der Waals surface area contributed by atoms with E-state index in [-0.39, 0.29) is 10.7 Å². The van der Waals surface area contributed by atoms with E-state index >= 15 is 0 Å².